The number of benzene rings is 1. The van der Waals surface area contributed by atoms with Gasteiger partial charge in [-0.1, -0.05) is 12.1 Å². The van der Waals surface area contributed by atoms with Gasteiger partial charge in [0.05, 0.1) is 35.0 Å². The lowest BCUT2D eigenvalue weighted by Crippen LogP contribution is -2.16. The Balaban J connectivity index is 1.79. The molecular weight excluding hydrogens is 344 g/mol. The average Bonchev–Trinajstić information content (AvgIpc) is 3.47. The third-order valence-electron chi connectivity index (χ3n) is 4.81. The summed E-state index contributed by atoms with van der Waals surface area (Å²) in [5.41, 5.74) is 3.60. The molecule has 1 saturated carbocycles. The largest absolute Gasteiger partial charge is 0.465 e. The van der Waals surface area contributed by atoms with Crippen LogP contribution in [0.25, 0.3) is 11.0 Å². The van der Waals surface area contributed by atoms with Crippen molar-refractivity contribution in [3.05, 3.63) is 52.8 Å². The molecule has 0 unspecified atom stereocenters. The summed E-state index contributed by atoms with van der Waals surface area (Å²) in [6, 6.07) is 8.64. The number of amides is 1. The second-order valence-corrected chi connectivity index (χ2v) is 6.77. The fourth-order valence-corrected chi connectivity index (χ4v) is 3.30. The molecule has 0 bridgehead atoms. The van der Waals surface area contributed by atoms with E-state index in [9.17, 15) is 9.59 Å². The fourth-order valence-electron chi connectivity index (χ4n) is 3.30. The summed E-state index contributed by atoms with van der Waals surface area (Å²) >= 11 is 0. The van der Waals surface area contributed by atoms with Gasteiger partial charge in [0.15, 0.2) is 5.65 Å². The van der Waals surface area contributed by atoms with Crippen LogP contribution < -0.4 is 5.32 Å². The van der Waals surface area contributed by atoms with E-state index in [-0.39, 0.29) is 5.91 Å². The number of fused-ring (bicyclic) bond motifs is 1. The highest BCUT2D eigenvalue weighted by Gasteiger charge is 2.28. The van der Waals surface area contributed by atoms with Crippen LogP contribution in [0.4, 0.5) is 5.69 Å². The summed E-state index contributed by atoms with van der Waals surface area (Å²) in [6.07, 6.45) is 2.17. The molecule has 1 aromatic carbocycles. The van der Waals surface area contributed by atoms with Crippen molar-refractivity contribution in [3.63, 3.8) is 0 Å². The van der Waals surface area contributed by atoms with Crippen molar-refractivity contribution in [1.82, 2.24) is 14.8 Å². The standard InChI is InChI=1S/C20H20N4O3/c1-11-17-14(10-16(12-8-9-12)21-18(17)24(2)23-11)19(25)22-15-7-5-4-6-13(15)20(26)27-3/h4-7,10,12H,8-9H2,1-3H3,(H,22,25). The number of nitrogens with one attached hydrogen (secondary N) is 1. The molecular formula is C20H20N4O3. The highest BCUT2D eigenvalue weighted by Crippen LogP contribution is 2.40. The molecule has 1 aliphatic rings. The van der Waals surface area contributed by atoms with Gasteiger partial charge in [-0.3, -0.25) is 9.48 Å². The molecule has 0 radical (unpaired) electrons. The number of hydrogen-bond acceptors (Lipinski definition) is 5. The zero-order valence-corrected chi connectivity index (χ0v) is 15.4. The van der Waals surface area contributed by atoms with E-state index in [4.69, 9.17) is 9.72 Å². The zero-order valence-electron chi connectivity index (χ0n) is 15.4. The predicted molar refractivity (Wildman–Crippen MR) is 101 cm³/mol. The van der Waals surface area contributed by atoms with Gasteiger partial charge in [0.25, 0.3) is 5.91 Å². The van der Waals surface area contributed by atoms with Crippen LogP contribution in [-0.2, 0) is 11.8 Å². The summed E-state index contributed by atoms with van der Waals surface area (Å²) in [5.74, 6) is -0.391. The Labute approximate surface area is 156 Å². The molecule has 2 heterocycles. The number of para-hydroxylation sites is 1. The third kappa shape index (κ3) is 3.05. The van der Waals surface area contributed by atoms with Crippen molar-refractivity contribution < 1.29 is 14.3 Å². The van der Waals surface area contributed by atoms with Gasteiger partial charge in [-0.2, -0.15) is 5.10 Å². The van der Waals surface area contributed by atoms with E-state index in [1.807, 2.05) is 20.0 Å². The summed E-state index contributed by atoms with van der Waals surface area (Å²) in [5, 5.41) is 8.00. The van der Waals surface area contributed by atoms with E-state index in [0.29, 0.717) is 28.4 Å². The van der Waals surface area contributed by atoms with Crippen LogP contribution in [-0.4, -0.2) is 33.8 Å². The summed E-state index contributed by atoms with van der Waals surface area (Å²) in [6.45, 7) is 1.86. The van der Waals surface area contributed by atoms with Gasteiger partial charge in [0, 0.05) is 18.7 Å². The number of methoxy groups -OCH3 is 1. The summed E-state index contributed by atoms with van der Waals surface area (Å²) < 4.78 is 6.51. The monoisotopic (exact) mass is 364 g/mol. The number of rotatable bonds is 4. The first-order valence-corrected chi connectivity index (χ1v) is 8.82. The first-order chi connectivity index (χ1) is 13.0. The van der Waals surface area contributed by atoms with Gasteiger partial charge in [0.2, 0.25) is 0 Å². The normalized spacial score (nSPS) is 13.6. The molecule has 138 valence electrons. The fraction of sp³-hybridized carbons (Fsp3) is 0.300. The topological polar surface area (TPSA) is 86.1 Å². The smallest absolute Gasteiger partial charge is 0.339 e. The molecule has 1 fully saturated rings. The molecule has 4 rings (SSSR count). The first-order valence-electron chi connectivity index (χ1n) is 8.82. The second-order valence-electron chi connectivity index (χ2n) is 6.77. The SMILES string of the molecule is COC(=O)c1ccccc1NC(=O)c1cc(C2CC2)nc2c1c(C)nn2C. The van der Waals surface area contributed by atoms with E-state index < -0.39 is 5.97 Å². The molecule has 7 heteroatoms. The highest BCUT2D eigenvalue weighted by molar-refractivity contribution is 6.14. The minimum atomic E-state index is -0.498. The lowest BCUT2D eigenvalue weighted by Gasteiger charge is -2.11. The Morgan fingerprint density at radius 1 is 1.22 bits per heavy atom. The maximum absolute atomic E-state index is 13.1. The van der Waals surface area contributed by atoms with Gasteiger partial charge in [-0.15, -0.1) is 0 Å². The van der Waals surface area contributed by atoms with Crippen LogP contribution in [0.1, 0.15) is 50.9 Å². The van der Waals surface area contributed by atoms with Gasteiger partial charge in [0.1, 0.15) is 0 Å². The van der Waals surface area contributed by atoms with Crippen LogP contribution in [0.3, 0.4) is 0 Å². The molecule has 1 N–H and O–H groups in total. The molecule has 0 aliphatic heterocycles. The number of pyridine rings is 1. The third-order valence-corrected chi connectivity index (χ3v) is 4.81. The molecule has 1 amide bonds. The lowest BCUT2D eigenvalue weighted by atomic mass is 10.1. The van der Waals surface area contributed by atoms with Crippen molar-refractivity contribution in [2.45, 2.75) is 25.7 Å². The molecule has 0 atom stereocenters. The van der Waals surface area contributed by atoms with Crippen molar-refractivity contribution in [2.24, 2.45) is 7.05 Å². The van der Waals surface area contributed by atoms with Gasteiger partial charge >= 0.3 is 5.97 Å². The minimum absolute atomic E-state index is 0.295. The number of nitrogens with zero attached hydrogens (tertiary/aromatic N) is 3. The molecule has 1 aliphatic carbocycles. The Bertz CT molecular complexity index is 1070. The van der Waals surface area contributed by atoms with Crippen LogP contribution in [0.2, 0.25) is 0 Å². The number of aromatic nitrogens is 3. The average molecular weight is 364 g/mol. The van der Waals surface area contributed by atoms with E-state index in [1.165, 1.54) is 7.11 Å². The highest BCUT2D eigenvalue weighted by atomic mass is 16.5. The number of esters is 1. The van der Waals surface area contributed by atoms with Crippen molar-refractivity contribution >= 4 is 28.6 Å². The van der Waals surface area contributed by atoms with Crippen LogP contribution in [0.5, 0.6) is 0 Å². The Kier molecular flexibility index (Phi) is 4.14. The number of aryl methyl sites for hydroxylation is 2. The number of hydrogen-bond donors (Lipinski definition) is 1. The minimum Gasteiger partial charge on any atom is -0.465 e. The van der Waals surface area contributed by atoms with Gasteiger partial charge < -0.3 is 10.1 Å². The molecule has 0 spiro atoms. The van der Waals surface area contributed by atoms with E-state index >= 15 is 0 Å². The van der Waals surface area contributed by atoms with Crippen LogP contribution in [0.15, 0.2) is 30.3 Å². The maximum Gasteiger partial charge on any atom is 0.339 e. The first kappa shape index (κ1) is 17.2. The second kappa shape index (κ2) is 6.50. The Morgan fingerprint density at radius 3 is 2.67 bits per heavy atom. The van der Waals surface area contributed by atoms with E-state index in [0.717, 1.165) is 29.6 Å². The van der Waals surface area contributed by atoms with Crippen molar-refractivity contribution in [3.8, 4) is 0 Å². The number of carbonyl (C=O) groups is 2. The molecule has 2 aromatic heterocycles. The molecule has 0 saturated heterocycles. The predicted octanol–water partition coefficient (Wildman–Crippen LogP) is 3.19. The van der Waals surface area contributed by atoms with Crippen LogP contribution in [0, 0.1) is 6.92 Å². The summed E-state index contributed by atoms with van der Waals surface area (Å²) in [4.78, 5) is 29.8. The van der Waals surface area contributed by atoms with E-state index in [2.05, 4.69) is 10.4 Å². The molecule has 27 heavy (non-hydrogen) atoms. The maximum atomic E-state index is 13.1. The number of anilines is 1. The molecule has 3 aromatic rings. The van der Waals surface area contributed by atoms with Gasteiger partial charge in [-0.25, -0.2) is 9.78 Å². The van der Waals surface area contributed by atoms with Gasteiger partial charge in [-0.05, 0) is 38.0 Å². The Hall–Kier alpha value is -3.22. The summed E-state index contributed by atoms with van der Waals surface area (Å²) in [7, 11) is 3.14. The Morgan fingerprint density at radius 2 is 1.96 bits per heavy atom. The van der Waals surface area contributed by atoms with Crippen molar-refractivity contribution in [2.75, 3.05) is 12.4 Å². The molecule has 7 nitrogen and oxygen atoms in total. The van der Waals surface area contributed by atoms with Crippen molar-refractivity contribution in [1.29, 1.82) is 0 Å². The number of ether oxygens (including phenoxy) is 1. The van der Waals surface area contributed by atoms with Crippen LogP contribution >= 0.6 is 0 Å². The quantitative estimate of drug-likeness (QED) is 0.719. The zero-order chi connectivity index (χ0) is 19.1. The van der Waals surface area contributed by atoms with E-state index in [1.54, 1.807) is 28.9 Å². The number of carbonyl (C=O) groups excluding carboxylic acids is 2. The lowest BCUT2D eigenvalue weighted by molar-refractivity contribution is 0.0602.